The summed E-state index contributed by atoms with van der Waals surface area (Å²) >= 11 is 0. The van der Waals surface area contributed by atoms with Gasteiger partial charge < -0.3 is 9.80 Å². The molecule has 1 fully saturated rings. The van der Waals surface area contributed by atoms with Crippen LogP contribution in [-0.4, -0.2) is 46.5 Å². The number of nitrogens with zero attached hydrogens (tertiary/aromatic N) is 4. The molecule has 33 heavy (non-hydrogen) atoms. The van der Waals surface area contributed by atoms with Crippen LogP contribution in [0.5, 0.6) is 0 Å². The summed E-state index contributed by atoms with van der Waals surface area (Å²) in [4.78, 5) is 35.5. The minimum Gasteiger partial charge on any atom is -0.368 e. The van der Waals surface area contributed by atoms with E-state index in [4.69, 9.17) is 4.98 Å². The fourth-order valence-electron chi connectivity index (χ4n) is 4.38. The van der Waals surface area contributed by atoms with Crippen molar-refractivity contribution in [2.24, 2.45) is 0 Å². The van der Waals surface area contributed by atoms with Gasteiger partial charge >= 0.3 is 0 Å². The van der Waals surface area contributed by atoms with E-state index in [1.807, 2.05) is 71.6 Å². The average molecular weight is 439 g/mol. The Kier molecular flexibility index (Phi) is 5.89. The first-order valence-corrected chi connectivity index (χ1v) is 11.3. The molecular weight excluding hydrogens is 412 g/mol. The minimum atomic E-state index is -0.164. The topological polar surface area (TPSA) is 58.4 Å². The second-order valence-corrected chi connectivity index (χ2v) is 8.30. The lowest BCUT2D eigenvalue weighted by molar-refractivity contribution is -0.132. The van der Waals surface area contributed by atoms with Crippen molar-refractivity contribution >= 4 is 22.5 Å². The summed E-state index contributed by atoms with van der Waals surface area (Å²) in [5.41, 5.74) is 2.72. The van der Waals surface area contributed by atoms with Crippen molar-refractivity contribution in [1.29, 1.82) is 0 Å². The minimum absolute atomic E-state index is 0.00414. The standard InChI is InChI=1S/C27H26N4O2/c32-26(30-17-15-29(16-18-30)22-11-5-2-6-12-22)20-31-25(19-21-9-3-1-4-10-21)28-24-14-8-7-13-23(24)27(31)33/h1-14H,15-20H2. The second kappa shape index (κ2) is 9.28. The number of carbonyl (C=O) groups excluding carboxylic acids is 1. The molecule has 166 valence electrons. The van der Waals surface area contributed by atoms with Crippen LogP contribution in [0.3, 0.4) is 0 Å². The number of fused-ring (bicyclic) bond motifs is 1. The van der Waals surface area contributed by atoms with E-state index in [0.29, 0.717) is 36.2 Å². The number of hydrogen-bond acceptors (Lipinski definition) is 4. The van der Waals surface area contributed by atoms with Crippen molar-refractivity contribution < 1.29 is 4.79 Å². The Morgan fingerprint density at radius 3 is 2.15 bits per heavy atom. The fraction of sp³-hybridized carbons (Fsp3) is 0.222. The molecule has 2 heterocycles. The third-order valence-corrected chi connectivity index (χ3v) is 6.19. The largest absolute Gasteiger partial charge is 0.368 e. The van der Waals surface area contributed by atoms with Crippen molar-refractivity contribution in [1.82, 2.24) is 14.5 Å². The highest BCUT2D eigenvalue weighted by atomic mass is 16.2. The molecule has 0 bridgehead atoms. The Labute approximate surface area is 192 Å². The Morgan fingerprint density at radius 2 is 1.42 bits per heavy atom. The van der Waals surface area contributed by atoms with Crippen LogP contribution in [0.2, 0.25) is 0 Å². The molecule has 0 N–H and O–H groups in total. The van der Waals surface area contributed by atoms with Gasteiger partial charge in [-0.3, -0.25) is 14.2 Å². The smallest absolute Gasteiger partial charge is 0.261 e. The van der Waals surface area contributed by atoms with Gasteiger partial charge in [0.2, 0.25) is 5.91 Å². The summed E-state index contributed by atoms with van der Waals surface area (Å²) in [7, 11) is 0. The molecule has 3 aromatic carbocycles. The second-order valence-electron chi connectivity index (χ2n) is 8.30. The van der Waals surface area contributed by atoms with Gasteiger partial charge in [0, 0.05) is 38.3 Å². The van der Waals surface area contributed by atoms with Gasteiger partial charge in [-0.1, -0.05) is 60.7 Å². The van der Waals surface area contributed by atoms with E-state index in [9.17, 15) is 9.59 Å². The lowest BCUT2D eigenvalue weighted by Gasteiger charge is -2.36. The molecule has 1 aliphatic heterocycles. The number of hydrogen-bond donors (Lipinski definition) is 0. The Hall–Kier alpha value is -3.93. The number of anilines is 1. The van der Waals surface area contributed by atoms with Gasteiger partial charge in [0.1, 0.15) is 12.4 Å². The van der Waals surface area contributed by atoms with Gasteiger partial charge in [-0.15, -0.1) is 0 Å². The molecule has 0 unspecified atom stereocenters. The summed E-state index contributed by atoms with van der Waals surface area (Å²) in [6.45, 7) is 2.83. The molecule has 1 amide bonds. The third kappa shape index (κ3) is 4.51. The highest BCUT2D eigenvalue weighted by Crippen LogP contribution is 2.16. The highest BCUT2D eigenvalue weighted by molar-refractivity contribution is 5.79. The zero-order valence-corrected chi connectivity index (χ0v) is 18.4. The Morgan fingerprint density at radius 1 is 0.788 bits per heavy atom. The number of amides is 1. The quantitative estimate of drug-likeness (QED) is 0.480. The average Bonchev–Trinajstić information content (AvgIpc) is 2.87. The van der Waals surface area contributed by atoms with Crippen LogP contribution < -0.4 is 10.5 Å². The van der Waals surface area contributed by atoms with Crippen molar-refractivity contribution in [3.05, 3.63) is 107 Å². The Balaban J connectivity index is 1.38. The summed E-state index contributed by atoms with van der Waals surface area (Å²) in [6, 6.07) is 27.5. The van der Waals surface area contributed by atoms with Crippen LogP contribution in [0.25, 0.3) is 10.9 Å². The highest BCUT2D eigenvalue weighted by Gasteiger charge is 2.23. The van der Waals surface area contributed by atoms with Gasteiger partial charge in [-0.05, 0) is 29.8 Å². The maximum Gasteiger partial charge on any atom is 0.261 e. The number of rotatable bonds is 5. The molecule has 6 nitrogen and oxygen atoms in total. The Bertz CT molecular complexity index is 1310. The van der Waals surface area contributed by atoms with Crippen LogP contribution in [0.1, 0.15) is 11.4 Å². The molecule has 0 radical (unpaired) electrons. The molecule has 1 saturated heterocycles. The summed E-state index contributed by atoms with van der Waals surface area (Å²) in [6.07, 6.45) is 0.496. The molecule has 0 spiro atoms. The summed E-state index contributed by atoms with van der Waals surface area (Å²) in [5.74, 6) is 0.567. The monoisotopic (exact) mass is 438 g/mol. The van der Waals surface area contributed by atoms with Gasteiger partial charge in [0.25, 0.3) is 5.56 Å². The zero-order valence-electron chi connectivity index (χ0n) is 18.4. The number of carbonyl (C=O) groups is 1. The van der Waals surface area contributed by atoms with Gasteiger partial charge in [-0.25, -0.2) is 4.98 Å². The van der Waals surface area contributed by atoms with E-state index in [1.54, 1.807) is 10.6 Å². The van der Waals surface area contributed by atoms with E-state index >= 15 is 0 Å². The number of para-hydroxylation sites is 2. The van der Waals surface area contributed by atoms with E-state index in [-0.39, 0.29) is 18.0 Å². The predicted octanol–water partition coefficient (Wildman–Crippen LogP) is 3.34. The fourth-order valence-corrected chi connectivity index (χ4v) is 4.38. The predicted molar refractivity (Wildman–Crippen MR) is 130 cm³/mol. The van der Waals surface area contributed by atoms with Crippen molar-refractivity contribution in [3.63, 3.8) is 0 Å². The van der Waals surface area contributed by atoms with Crippen molar-refractivity contribution in [2.45, 2.75) is 13.0 Å². The van der Waals surface area contributed by atoms with Crippen LogP contribution in [-0.2, 0) is 17.8 Å². The molecule has 1 aliphatic rings. The number of aromatic nitrogens is 2. The van der Waals surface area contributed by atoms with Gasteiger partial charge in [0.05, 0.1) is 10.9 Å². The van der Waals surface area contributed by atoms with Crippen molar-refractivity contribution in [2.75, 3.05) is 31.1 Å². The number of benzene rings is 3. The maximum atomic E-state index is 13.3. The lowest BCUT2D eigenvalue weighted by Crippen LogP contribution is -2.50. The first kappa shape index (κ1) is 20.9. The first-order valence-electron chi connectivity index (χ1n) is 11.3. The molecule has 0 aliphatic carbocycles. The lowest BCUT2D eigenvalue weighted by atomic mass is 10.1. The van der Waals surface area contributed by atoms with Crippen molar-refractivity contribution in [3.8, 4) is 0 Å². The van der Waals surface area contributed by atoms with Crippen LogP contribution in [0.4, 0.5) is 5.69 Å². The zero-order chi connectivity index (χ0) is 22.6. The molecule has 0 atom stereocenters. The van der Waals surface area contributed by atoms with Crippen LogP contribution >= 0.6 is 0 Å². The normalized spacial score (nSPS) is 13.9. The van der Waals surface area contributed by atoms with Crippen LogP contribution in [0.15, 0.2) is 89.7 Å². The molecule has 4 aromatic rings. The van der Waals surface area contributed by atoms with Crippen LogP contribution in [0, 0.1) is 0 Å². The van der Waals surface area contributed by atoms with Gasteiger partial charge in [0.15, 0.2) is 0 Å². The van der Waals surface area contributed by atoms with E-state index in [0.717, 1.165) is 18.7 Å². The maximum absolute atomic E-state index is 13.3. The van der Waals surface area contributed by atoms with E-state index in [1.165, 1.54) is 5.69 Å². The third-order valence-electron chi connectivity index (χ3n) is 6.19. The molecule has 6 heteroatoms. The van der Waals surface area contributed by atoms with E-state index in [2.05, 4.69) is 17.0 Å². The summed E-state index contributed by atoms with van der Waals surface area (Å²) in [5, 5.41) is 0.538. The summed E-state index contributed by atoms with van der Waals surface area (Å²) < 4.78 is 1.56. The van der Waals surface area contributed by atoms with E-state index < -0.39 is 0 Å². The molecule has 5 rings (SSSR count). The van der Waals surface area contributed by atoms with Gasteiger partial charge in [-0.2, -0.15) is 0 Å². The number of piperazine rings is 1. The molecular formula is C27H26N4O2. The first-order chi connectivity index (χ1) is 16.2. The SMILES string of the molecule is O=C(Cn1c(Cc2ccccc2)nc2ccccc2c1=O)N1CCN(c2ccccc2)CC1. The molecule has 0 saturated carbocycles. The molecule has 1 aromatic heterocycles.